The fraction of sp³-hybridized carbons (Fsp3) is 0.292. The Kier molecular flexibility index (Phi) is 5.05. The molecule has 1 unspecified atom stereocenters. The molecule has 4 nitrogen and oxygen atoms in total. The third kappa shape index (κ3) is 3.60. The molecule has 2 N–H and O–H groups in total. The minimum absolute atomic E-state index is 0.215. The Balaban J connectivity index is 1.57. The molecule has 0 saturated heterocycles. The number of fused-ring (bicyclic) bond motifs is 2. The predicted molar refractivity (Wildman–Crippen MR) is 111 cm³/mol. The molecular weight excluding hydrogens is 350 g/mol. The molecule has 4 heteroatoms. The average molecular weight is 375 g/mol. The molecule has 1 aliphatic rings. The van der Waals surface area contributed by atoms with E-state index in [0.29, 0.717) is 30.8 Å². The summed E-state index contributed by atoms with van der Waals surface area (Å²) in [6.45, 7) is 2.60. The molecule has 1 aliphatic carbocycles. The quantitative estimate of drug-likeness (QED) is 0.711. The third-order valence-electron chi connectivity index (χ3n) is 5.49. The van der Waals surface area contributed by atoms with Crippen molar-refractivity contribution in [2.45, 2.75) is 31.8 Å². The van der Waals surface area contributed by atoms with Crippen LogP contribution < -0.4 is 10.1 Å². The summed E-state index contributed by atoms with van der Waals surface area (Å²) < 4.78 is 5.71. The molecule has 0 heterocycles. The summed E-state index contributed by atoms with van der Waals surface area (Å²) in [4.78, 5) is 13.1. The first kappa shape index (κ1) is 18.5. The Labute approximate surface area is 165 Å². The molecule has 3 aromatic rings. The van der Waals surface area contributed by atoms with Crippen molar-refractivity contribution in [2.24, 2.45) is 0 Å². The van der Waals surface area contributed by atoms with Gasteiger partial charge in [-0.15, -0.1) is 0 Å². The Morgan fingerprint density at radius 3 is 2.64 bits per heavy atom. The van der Waals surface area contributed by atoms with Crippen LogP contribution in [0.4, 0.5) is 0 Å². The van der Waals surface area contributed by atoms with Crippen molar-refractivity contribution in [1.82, 2.24) is 5.32 Å². The molecule has 0 saturated carbocycles. The fourth-order valence-corrected chi connectivity index (χ4v) is 4.03. The Hall–Kier alpha value is -2.85. The highest BCUT2D eigenvalue weighted by molar-refractivity contribution is 6.09. The molecular formula is C24H25NO3. The van der Waals surface area contributed by atoms with Crippen LogP contribution in [0.25, 0.3) is 10.8 Å². The minimum atomic E-state index is -0.930. The molecule has 0 fully saturated rings. The van der Waals surface area contributed by atoms with Crippen LogP contribution in [0.1, 0.15) is 34.8 Å². The molecule has 0 spiro atoms. The van der Waals surface area contributed by atoms with Crippen molar-refractivity contribution in [3.63, 3.8) is 0 Å². The van der Waals surface area contributed by atoms with E-state index in [1.165, 1.54) is 5.56 Å². The first-order valence-electron chi connectivity index (χ1n) is 9.81. The van der Waals surface area contributed by atoms with Crippen LogP contribution >= 0.6 is 0 Å². The van der Waals surface area contributed by atoms with E-state index < -0.39 is 5.60 Å². The summed E-state index contributed by atoms with van der Waals surface area (Å²) in [6, 6.07) is 19.8. The zero-order valence-electron chi connectivity index (χ0n) is 16.1. The van der Waals surface area contributed by atoms with Crippen LogP contribution in [0.2, 0.25) is 0 Å². The molecule has 144 valence electrons. The molecule has 3 aromatic carbocycles. The lowest BCUT2D eigenvalue weighted by molar-refractivity contribution is 0.0259. The summed E-state index contributed by atoms with van der Waals surface area (Å²) in [5.41, 5.74) is 2.04. The van der Waals surface area contributed by atoms with Crippen molar-refractivity contribution < 1.29 is 14.6 Å². The number of aliphatic hydroxyl groups is 1. The average Bonchev–Trinajstić information content (AvgIpc) is 2.72. The number of nitrogens with one attached hydrogen (secondary N) is 1. The van der Waals surface area contributed by atoms with Gasteiger partial charge in [-0.25, -0.2) is 0 Å². The number of hydrogen-bond donors (Lipinski definition) is 2. The van der Waals surface area contributed by atoms with Crippen LogP contribution in [0.15, 0.2) is 60.7 Å². The van der Waals surface area contributed by atoms with Gasteiger partial charge in [-0.1, -0.05) is 54.6 Å². The lowest BCUT2D eigenvalue weighted by atomic mass is 9.80. The number of benzene rings is 3. The van der Waals surface area contributed by atoms with Gasteiger partial charge in [0.2, 0.25) is 0 Å². The molecule has 4 rings (SSSR count). The second-order valence-electron chi connectivity index (χ2n) is 7.45. The summed E-state index contributed by atoms with van der Waals surface area (Å²) >= 11 is 0. The molecule has 0 radical (unpaired) electrons. The number of hydrogen-bond acceptors (Lipinski definition) is 3. The summed E-state index contributed by atoms with van der Waals surface area (Å²) in [7, 11) is 0. The van der Waals surface area contributed by atoms with Gasteiger partial charge in [-0.2, -0.15) is 0 Å². The van der Waals surface area contributed by atoms with E-state index >= 15 is 0 Å². The van der Waals surface area contributed by atoms with Crippen LogP contribution in [0, 0.1) is 0 Å². The first-order chi connectivity index (χ1) is 13.6. The van der Waals surface area contributed by atoms with E-state index in [1.54, 1.807) is 0 Å². The third-order valence-corrected chi connectivity index (χ3v) is 5.49. The number of ether oxygens (including phenoxy) is 1. The van der Waals surface area contributed by atoms with E-state index in [-0.39, 0.29) is 12.5 Å². The highest BCUT2D eigenvalue weighted by Gasteiger charge is 2.32. The predicted octanol–water partition coefficient (Wildman–Crippen LogP) is 3.89. The Morgan fingerprint density at radius 2 is 1.82 bits per heavy atom. The molecule has 0 bridgehead atoms. The SMILES string of the molecule is CCOc1ccc2ccccc2c1C(=O)NCC1(O)CCc2ccccc2C1. The number of aryl methyl sites for hydroxylation is 1. The van der Waals surface area contributed by atoms with Gasteiger partial charge in [0.15, 0.2) is 0 Å². The Bertz CT molecular complexity index is 1010. The highest BCUT2D eigenvalue weighted by atomic mass is 16.5. The second kappa shape index (κ2) is 7.64. The molecule has 0 aromatic heterocycles. The van der Waals surface area contributed by atoms with Gasteiger partial charge >= 0.3 is 0 Å². The zero-order chi connectivity index (χ0) is 19.6. The second-order valence-corrected chi connectivity index (χ2v) is 7.45. The maximum absolute atomic E-state index is 13.1. The van der Waals surface area contributed by atoms with E-state index in [4.69, 9.17) is 4.74 Å². The van der Waals surface area contributed by atoms with Crippen LogP contribution in [-0.2, 0) is 12.8 Å². The largest absolute Gasteiger partial charge is 0.493 e. The lowest BCUT2D eigenvalue weighted by Crippen LogP contribution is -2.46. The standard InChI is InChI=1S/C24H25NO3/c1-2-28-21-12-11-18-8-5-6-10-20(18)22(21)23(26)25-16-24(27)14-13-17-7-3-4-9-19(17)15-24/h3-12,27H,2,13-16H2,1H3,(H,25,26). The van der Waals surface area contributed by atoms with Crippen LogP contribution in [0.5, 0.6) is 5.75 Å². The minimum Gasteiger partial charge on any atom is -0.493 e. The molecule has 0 aliphatic heterocycles. The van der Waals surface area contributed by atoms with Gasteiger partial charge in [0.1, 0.15) is 5.75 Å². The van der Waals surface area contributed by atoms with E-state index in [2.05, 4.69) is 17.4 Å². The number of rotatable bonds is 5. The maximum Gasteiger partial charge on any atom is 0.255 e. The van der Waals surface area contributed by atoms with Crippen LogP contribution in [0.3, 0.4) is 0 Å². The fourth-order valence-electron chi connectivity index (χ4n) is 4.03. The van der Waals surface area contributed by atoms with E-state index in [9.17, 15) is 9.90 Å². The first-order valence-corrected chi connectivity index (χ1v) is 9.81. The summed E-state index contributed by atoms with van der Waals surface area (Å²) in [6.07, 6.45) is 2.01. The van der Waals surface area contributed by atoms with Gasteiger partial charge in [0, 0.05) is 13.0 Å². The van der Waals surface area contributed by atoms with Crippen molar-refractivity contribution in [1.29, 1.82) is 0 Å². The van der Waals surface area contributed by atoms with Gasteiger partial charge < -0.3 is 15.2 Å². The number of carbonyl (C=O) groups excluding carboxylic acids is 1. The summed E-state index contributed by atoms with van der Waals surface area (Å²) in [5.74, 6) is 0.354. The lowest BCUT2D eigenvalue weighted by Gasteiger charge is -2.33. The van der Waals surface area contributed by atoms with Gasteiger partial charge in [0.05, 0.1) is 17.8 Å². The smallest absolute Gasteiger partial charge is 0.255 e. The molecule has 28 heavy (non-hydrogen) atoms. The van der Waals surface area contributed by atoms with Gasteiger partial charge in [-0.3, -0.25) is 4.79 Å². The highest BCUT2D eigenvalue weighted by Crippen LogP contribution is 2.30. The monoisotopic (exact) mass is 375 g/mol. The van der Waals surface area contributed by atoms with Crippen LogP contribution in [-0.4, -0.2) is 29.8 Å². The van der Waals surface area contributed by atoms with E-state index in [1.807, 2.05) is 55.5 Å². The molecule has 1 amide bonds. The number of amides is 1. The van der Waals surface area contributed by atoms with Gasteiger partial charge in [-0.05, 0) is 47.7 Å². The van der Waals surface area contributed by atoms with Crippen molar-refractivity contribution in [3.8, 4) is 5.75 Å². The molecule has 1 atom stereocenters. The van der Waals surface area contributed by atoms with Crippen molar-refractivity contribution in [2.75, 3.05) is 13.2 Å². The van der Waals surface area contributed by atoms with E-state index in [0.717, 1.165) is 22.8 Å². The topological polar surface area (TPSA) is 58.6 Å². The zero-order valence-corrected chi connectivity index (χ0v) is 16.1. The van der Waals surface area contributed by atoms with Crippen molar-refractivity contribution in [3.05, 3.63) is 77.4 Å². The normalized spacial score (nSPS) is 18.5. The number of carbonyl (C=O) groups is 1. The Morgan fingerprint density at radius 1 is 1.07 bits per heavy atom. The van der Waals surface area contributed by atoms with Crippen molar-refractivity contribution >= 4 is 16.7 Å². The summed E-state index contributed by atoms with van der Waals surface area (Å²) in [5, 5.41) is 15.9. The van der Waals surface area contributed by atoms with Gasteiger partial charge in [0.25, 0.3) is 5.91 Å². The maximum atomic E-state index is 13.1.